The summed E-state index contributed by atoms with van der Waals surface area (Å²) in [6.07, 6.45) is 1.81. The molecule has 14 heavy (non-hydrogen) atoms. The zero-order valence-electron chi connectivity index (χ0n) is 8.34. The average molecular weight is 213 g/mol. The number of carbonyl (C=O) groups excluding carboxylic acids is 1. The van der Waals surface area contributed by atoms with E-state index in [1.54, 1.807) is 12.1 Å². The molecular weight excluding hydrogens is 200 g/mol. The van der Waals surface area contributed by atoms with Crippen LogP contribution in [0.5, 0.6) is 0 Å². The van der Waals surface area contributed by atoms with E-state index in [2.05, 4.69) is 11.7 Å². The van der Waals surface area contributed by atoms with E-state index in [-0.39, 0.29) is 5.97 Å². The fourth-order valence-electron chi connectivity index (χ4n) is 1.35. The van der Waals surface area contributed by atoms with Gasteiger partial charge >= 0.3 is 5.97 Å². The molecule has 0 aromatic heterocycles. The number of aryl methyl sites for hydroxylation is 1. The number of hydrogen-bond donors (Lipinski definition) is 0. The quantitative estimate of drug-likeness (QED) is 0.720. The van der Waals surface area contributed by atoms with E-state index in [1.165, 1.54) is 7.11 Å². The molecular formula is C11H13ClO2. The topological polar surface area (TPSA) is 26.3 Å². The standard InChI is InChI=1S/C11H13ClO2/c1-3-4-8-7-9(12)5-6-10(8)11(13)14-2/h5-7H,3-4H2,1-2H3. The van der Waals surface area contributed by atoms with Crippen LogP contribution in [0.1, 0.15) is 29.3 Å². The molecule has 0 atom stereocenters. The molecule has 0 amide bonds. The molecule has 0 spiro atoms. The van der Waals surface area contributed by atoms with Crippen LogP contribution in [0.3, 0.4) is 0 Å². The molecule has 0 radical (unpaired) electrons. The first kappa shape index (κ1) is 11.1. The summed E-state index contributed by atoms with van der Waals surface area (Å²) in [4.78, 5) is 11.4. The van der Waals surface area contributed by atoms with Crippen molar-refractivity contribution in [2.75, 3.05) is 7.11 Å². The first-order chi connectivity index (χ1) is 6.69. The number of carbonyl (C=O) groups is 1. The highest BCUT2D eigenvalue weighted by Crippen LogP contribution is 2.18. The highest BCUT2D eigenvalue weighted by atomic mass is 35.5. The minimum atomic E-state index is -0.301. The second kappa shape index (κ2) is 5.01. The second-order valence-corrected chi connectivity index (χ2v) is 3.48. The van der Waals surface area contributed by atoms with Crippen molar-refractivity contribution in [1.82, 2.24) is 0 Å². The highest BCUT2D eigenvalue weighted by Gasteiger charge is 2.10. The first-order valence-electron chi connectivity index (χ1n) is 4.55. The molecule has 0 fully saturated rings. The Hall–Kier alpha value is -1.02. The fourth-order valence-corrected chi connectivity index (χ4v) is 1.54. The van der Waals surface area contributed by atoms with Gasteiger partial charge in [0, 0.05) is 5.02 Å². The molecule has 0 N–H and O–H groups in total. The van der Waals surface area contributed by atoms with E-state index in [0.29, 0.717) is 10.6 Å². The molecule has 76 valence electrons. The summed E-state index contributed by atoms with van der Waals surface area (Å²) in [7, 11) is 1.38. The molecule has 2 nitrogen and oxygen atoms in total. The minimum absolute atomic E-state index is 0.301. The summed E-state index contributed by atoms with van der Waals surface area (Å²) in [6.45, 7) is 2.06. The van der Waals surface area contributed by atoms with Crippen LogP contribution in [0.15, 0.2) is 18.2 Å². The van der Waals surface area contributed by atoms with Crippen molar-refractivity contribution >= 4 is 17.6 Å². The zero-order valence-corrected chi connectivity index (χ0v) is 9.10. The first-order valence-corrected chi connectivity index (χ1v) is 4.93. The van der Waals surface area contributed by atoms with E-state index in [4.69, 9.17) is 11.6 Å². The maximum absolute atomic E-state index is 11.4. The maximum atomic E-state index is 11.4. The Labute approximate surface area is 88.8 Å². The van der Waals surface area contributed by atoms with Crippen LogP contribution in [-0.4, -0.2) is 13.1 Å². The van der Waals surface area contributed by atoms with Crippen molar-refractivity contribution < 1.29 is 9.53 Å². The minimum Gasteiger partial charge on any atom is -0.465 e. The predicted molar refractivity (Wildman–Crippen MR) is 56.8 cm³/mol. The Morgan fingerprint density at radius 2 is 2.21 bits per heavy atom. The van der Waals surface area contributed by atoms with Gasteiger partial charge in [-0.2, -0.15) is 0 Å². The smallest absolute Gasteiger partial charge is 0.338 e. The molecule has 0 saturated carbocycles. The summed E-state index contributed by atoms with van der Waals surface area (Å²) < 4.78 is 4.68. The van der Waals surface area contributed by atoms with Gasteiger partial charge < -0.3 is 4.74 Å². The van der Waals surface area contributed by atoms with Crippen LogP contribution in [0.25, 0.3) is 0 Å². The average Bonchev–Trinajstić information content (AvgIpc) is 2.17. The van der Waals surface area contributed by atoms with Crippen LogP contribution in [0, 0.1) is 0 Å². The predicted octanol–water partition coefficient (Wildman–Crippen LogP) is 3.08. The molecule has 3 heteroatoms. The molecule has 1 rings (SSSR count). The van der Waals surface area contributed by atoms with E-state index < -0.39 is 0 Å². The fraction of sp³-hybridized carbons (Fsp3) is 0.364. The van der Waals surface area contributed by atoms with Crippen LogP contribution in [0.4, 0.5) is 0 Å². The number of methoxy groups -OCH3 is 1. The van der Waals surface area contributed by atoms with Gasteiger partial charge in [-0.1, -0.05) is 24.9 Å². The van der Waals surface area contributed by atoms with Gasteiger partial charge in [0.05, 0.1) is 12.7 Å². The Morgan fingerprint density at radius 1 is 1.50 bits per heavy atom. The van der Waals surface area contributed by atoms with Gasteiger partial charge in [0.2, 0.25) is 0 Å². The van der Waals surface area contributed by atoms with Crippen LogP contribution < -0.4 is 0 Å². The summed E-state index contributed by atoms with van der Waals surface area (Å²) in [5.41, 5.74) is 1.56. The van der Waals surface area contributed by atoms with Gasteiger partial charge in [-0.15, -0.1) is 0 Å². The van der Waals surface area contributed by atoms with Crippen molar-refractivity contribution in [3.05, 3.63) is 34.3 Å². The van der Waals surface area contributed by atoms with E-state index in [1.807, 2.05) is 6.07 Å². The number of hydrogen-bond acceptors (Lipinski definition) is 2. The maximum Gasteiger partial charge on any atom is 0.338 e. The number of ether oxygens (including phenoxy) is 1. The molecule has 1 aromatic rings. The third kappa shape index (κ3) is 2.48. The van der Waals surface area contributed by atoms with Crippen LogP contribution >= 0.6 is 11.6 Å². The third-order valence-electron chi connectivity index (χ3n) is 1.99. The van der Waals surface area contributed by atoms with Gasteiger partial charge in [0.25, 0.3) is 0 Å². The number of esters is 1. The Bertz CT molecular complexity index is 334. The van der Waals surface area contributed by atoms with Gasteiger partial charge in [-0.3, -0.25) is 0 Å². The Balaban J connectivity index is 3.07. The lowest BCUT2D eigenvalue weighted by molar-refractivity contribution is 0.0599. The molecule has 0 heterocycles. The van der Waals surface area contributed by atoms with Gasteiger partial charge in [0.1, 0.15) is 0 Å². The molecule has 0 saturated heterocycles. The van der Waals surface area contributed by atoms with E-state index in [0.717, 1.165) is 18.4 Å². The highest BCUT2D eigenvalue weighted by molar-refractivity contribution is 6.30. The lowest BCUT2D eigenvalue weighted by Gasteiger charge is -2.06. The monoisotopic (exact) mass is 212 g/mol. The lowest BCUT2D eigenvalue weighted by Crippen LogP contribution is -2.05. The van der Waals surface area contributed by atoms with Crippen molar-refractivity contribution in [1.29, 1.82) is 0 Å². The van der Waals surface area contributed by atoms with Crippen molar-refractivity contribution in [2.24, 2.45) is 0 Å². The Morgan fingerprint density at radius 3 is 2.79 bits per heavy atom. The molecule has 0 unspecified atom stereocenters. The van der Waals surface area contributed by atoms with Crippen LogP contribution in [0.2, 0.25) is 5.02 Å². The van der Waals surface area contributed by atoms with Crippen molar-refractivity contribution in [3.63, 3.8) is 0 Å². The number of benzene rings is 1. The lowest BCUT2D eigenvalue weighted by atomic mass is 10.0. The number of rotatable bonds is 3. The molecule has 0 aliphatic heterocycles. The SMILES string of the molecule is CCCc1cc(Cl)ccc1C(=O)OC. The molecule has 0 aliphatic rings. The van der Waals surface area contributed by atoms with E-state index >= 15 is 0 Å². The third-order valence-corrected chi connectivity index (χ3v) is 2.23. The summed E-state index contributed by atoms with van der Waals surface area (Å²) >= 11 is 5.85. The van der Waals surface area contributed by atoms with Crippen LogP contribution in [-0.2, 0) is 11.2 Å². The second-order valence-electron chi connectivity index (χ2n) is 3.04. The van der Waals surface area contributed by atoms with Crippen molar-refractivity contribution in [2.45, 2.75) is 19.8 Å². The number of halogens is 1. The summed E-state index contributed by atoms with van der Waals surface area (Å²) in [5, 5.41) is 0.654. The largest absolute Gasteiger partial charge is 0.465 e. The van der Waals surface area contributed by atoms with Crippen molar-refractivity contribution in [3.8, 4) is 0 Å². The van der Waals surface area contributed by atoms with Gasteiger partial charge in [0.15, 0.2) is 0 Å². The normalized spacial score (nSPS) is 9.93. The summed E-state index contributed by atoms with van der Waals surface area (Å²) in [6, 6.07) is 5.23. The zero-order chi connectivity index (χ0) is 10.6. The van der Waals surface area contributed by atoms with Gasteiger partial charge in [-0.25, -0.2) is 4.79 Å². The molecule has 1 aromatic carbocycles. The summed E-state index contributed by atoms with van der Waals surface area (Å²) in [5.74, 6) is -0.301. The Kier molecular flexibility index (Phi) is 3.96. The molecule has 0 bridgehead atoms. The van der Waals surface area contributed by atoms with Gasteiger partial charge in [-0.05, 0) is 30.2 Å². The molecule has 0 aliphatic carbocycles. The van der Waals surface area contributed by atoms with E-state index in [9.17, 15) is 4.79 Å².